The van der Waals surface area contributed by atoms with Crippen molar-refractivity contribution in [2.24, 2.45) is 52.3 Å². The van der Waals surface area contributed by atoms with Crippen molar-refractivity contribution < 1.29 is 4.79 Å². The van der Waals surface area contributed by atoms with Gasteiger partial charge in [-0.3, -0.25) is 4.79 Å². The molecule has 0 spiro atoms. The molecule has 0 heterocycles. The number of nitrogen functional groups attached to an aromatic ring is 1. The van der Waals surface area contributed by atoms with Crippen molar-refractivity contribution in [1.82, 2.24) is 5.32 Å². The van der Waals surface area contributed by atoms with Gasteiger partial charge >= 0.3 is 0 Å². The molecule has 4 saturated carbocycles. The molecular formula is C34H55ClN2O. The third kappa shape index (κ3) is 5.52. The Balaban J connectivity index is 0.00000336. The molecule has 4 fully saturated rings. The summed E-state index contributed by atoms with van der Waals surface area (Å²) in [6.07, 6.45) is 16.5. The maximum Gasteiger partial charge on any atom is 0.251 e. The third-order valence-electron chi connectivity index (χ3n) is 12.4. The van der Waals surface area contributed by atoms with Gasteiger partial charge < -0.3 is 11.1 Å². The topological polar surface area (TPSA) is 55.1 Å². The Morgan fingerprint density at radius 3 is 2.32 bits per heavy atom. The van der Waals surface area contributed by atoms with Crippen molar-refractivity contribution in [3.8, 4) is 0 Å². The van der Waals surface area contributed by atoms with Gasteiger partial charge in [-0.15, -0.1) is 12.4 Å². The predicted octanol–water partition coefficient (Wildman–Crippen LogP) is 8.91. The molecule has 0 radical (unpaired) electrons. The van der Waals surface area contributed by atoms with Crippen LogP contribution in [0.2, 0.25) is 0 Å². The maximum atomic E-state index is 12.9. The summed E-state index contributed by atoms with van der Waals surface area (Å²) in [5, 5.41) is 3.38. The van der Waals surface area contributed by atoms with E-state index in [1.165, 1.54) is 64.2 Å². The lowest BCUT2D eigenvalue weighted by molar-refractivity contribution is -0.117. The Morgan fingerprint density at radius 2 is 1.61 bits per heavy atom. The van der Waals surface area contributed by atoms with Crippen LogP contribution in [-0.2, 0) is 0 Å². The molecule has 4 aliphatic carbocycles. The molecule has 9 atom stereocenters. The lowest BCUT2D eigenvalue weighted by Gasteiger charge is -2.61. The molecule has 38 heavy (non-hydrogen) atoms. The van der Waals surface area contributed by atoms with Gasteiger partial charge in [-0.05, 0) is 134 Å². The van der Waals surface area contributed by atoms with Gasteiger partial charge in [0.05, 0.1) is 0 Å². The van der Waals surface area contributed by atoms with Crippen molar-refractivity contribution in [2.75, 3.05) is 5.73 Å². The zero-order chi connectivity index (χ0) is 26.4. The molecule has 0 aliphatic heterocycles. The van der Waals surface area contributed by atoms with Gasteiger partial charge in [-0.2, -0.15) is 0 Å². The molecule has 0 bridgehead atoms. The molecule has 5 rings (SSSR count). The van der Waals surface area contributed by atoms with E-state index in [9.17, 15) is 4.79 Å². The van der Waals surface area contributed by atoms with Crippen molar-refractivity contribution >= 4 is 24.0 Å². The number of carbonyl (C=O) groups is 1. The molecule has 0 saturated heterocycles. The van der Waals surface area contributed by atoms with E-state index in [1.807, 2.05) is 24.3 Å². The Bertz CT molecular complexity index is 946. The summed E-state index contributed by atoms with van der Waals surface area (Å²) in [6.45, 7) is 12.7. The van der Waals surface area contributed by atoms with Crippen LogP contribution < -0.4 is 11.1 Å². The van der Waals surface area contributed by atoms with E-state index < -0.39 is 0 Å². The summed E-state index contributed by atoms with van der Waals surface area (Å²) < 4.78 is 0. The third-order valence-corrected chi connectivity index (χ3v) is 12.4. The number of anilines is 1. The summed E-state index contributed by atoms with van der Waals surface area (Å²) in [5.41, 5.74) is 8.29. The summed E-state index contributed by atoms with van der Waals surface area (Å²) in [5.74, 6) is 6.27. The smallest absolute Gasteiger partial charge is 0.251 e. The number of nitrogens with one attached hydrogen (secondary N) is 1. The highest BCUT2D eigenvalue weighted by atomic mass is 35.5. The Hall–Kier alpha value is -1.22. The second-order valence-corrected chi connectivity index (χ2v) is 14.8. The van der Waals surface area contributed by atoms with Crippen molar-refractivity contribution in [2.45, 2.75) is 118 Å². The summed E-state index contributed by atoms with van der Waals surface area (Å²) in [4.78, 5) is 12.9. The monoisotopic (exact) mass is 542 g/mol. The number of halogens is 1. The van der Waals surface area contributed by atoms with Crippen molar-refractivity contribution in [1.29, 1.82) is 0 Å². The van der Waals surface area contributed by atoms with Crippen LogP contribution in [0.15, 0.2) is 24.3 Å². The molecule has 1 aromatic carbocycles. The molecule has 0 aromatic heterocycles. The lowest BCUT2D eigenvalue weighted by atomic mass is 9.44. The van der Waals surface area contributed by atoms with Crippen LogP contribution in [0.4, 0.5) is 5.69 Å². The average molecular weight is 543 g/mol. The van der Waals surface area contributed by atoms with Gasteiger partial charge in [0.25, 0.3) is 5.91 Å². The van der Waals surface area contributed by atoms with Crippen molar-refractivity contribution in [3.05, 3.63) is 29.8 Å². The van der Waals surface area contributed by atoms with Crippen LogP contribution in [0.25, 0.3) is 0 Å². The molecule has 1 aromatic rings. The number of rotatable bonds is 7. The summed E-state index contributed by atoms with van der Waals surface area (Å²) in [7, 11) is 0. The Morgan fingerprint density at radius 1 is 0.921 bits per heavy atom. The van der Waals surface area contributed by atoms with Crippen molar-refractivity contribution in [3.63, 3.8) is 0 Å². The number of nitrogens with two attached hydrogens (primary N) is 1. The van der Waals surface area contributed by atoms with E-state index in [1.54, 1.807) is 0 Å². The molecule has 3 N–H and O–H groups in total. The predicted molar refractivity (Wildman–Crippen MR) is 162 cm³/mol. The van der Waals surface area contributed by atoms with Gasteiger partial charge in [-0.25, -0.2) is 0 Å². The maximum absolute atomic E-state index is 12.9. The molecule has 3 nitrogen and oxygen atoms in total. The fourth-order valence-electron chi connectivity index (χ4n) is 10.3. The largest absolute Gasteiger partial charge is 0.399 e. The minimum absolute atomic E-state index is 0. The first-order chi connectivity index (χ1) is 17.6. The lowest BCUT2D eigenvalue weighted by Crippen LogP contribution is -2.55. The van der Waals surface area contributed by atoms with E-state index in [4.69, 9.17) is 5.73 Å². The summed E-state index contributed by atoms with van der Waals surface area (Å²) >= 11 is 0. The van der Waals surface area contributed by atoms with Crippen LogP contribution in [0, 0.1) is 52.3 Å². The van der Waals surface area contributed by atoms with Crippen LogP contribution in [0.1, 0.15) is 122 Å². The van der Waals surface area contributed by atoms with E-state index in [0.29, 0.717) is 22.6 Å². The standard InChI is InChI=1S/C34H54N2O.ClH/c1-22(2)7-6-8-23(3)29-15-16-30-28-14-11-25-21-27(36-32(37)24-9-12-26(35)13-10-24)17-19-33(25,4)31(28)18-20-34(29,30)5;/h9-10,12-13,22-23,25,27-31H,6-8,11,14-21,35H2,1-5H3,(H,36,37);1H/t23-,25?,27-,28+,29-,30+,31+,33+,34-;/m1./s1. The number of fused-ring (bicyclic) bond motifs is 5. The molecule has 1 unspecified atom stereocenters. The number of hydrogen-bond acceptors (Lipinski definition) is 2. The minimum Gasteiger partial charge on any atom is -0.399 e. The van der Waals surface area contributed by atoms with Gasteiger partial charge in [0, 0.05) is 17.3 Å². The van der Waals surface area contributed by atoms with Gasteiger partial charge in [0.15, 0.2) is 0 Å². The molecule has 4 aliphatic rings. The molecule has 1 amide bonds. The first kappa shape index (κ1) is 29.8. The normalized spacial score (nSPS) is 38.9. The van der Waals surface area contributed by atoms with Crippen LogP contribution >= 0.6 is 12.4 Å². The zero-order valence-electron chi connectivity index (χ0n) is 24.8. The van der Waals surface area contributed by atoms with Gasteiger partial charge in [0.1, 0.15) is 0 Å². The second-order valence-electron chi connectivity index (χ2n) is 14.8. The fourth-order valence-corrected chi connectivity index (χ4v) is 10.3. The van der Waals surface area contributed by atoms with E-state index in [0.717, 1.165) is 59.8 Å². The number of amides is 1. The number of carbonyl (C=O) groups excluding carboxylic acids is 1. The van der Waals surface area contributed by atoms with Crippen LogP contribution in [-0.4, -0.2) is 11.9 Å². The Labute approximate surface area is 239 Å². The molecular weight excluding hydrogens is 488 g/mol. The van der Waals surface area contributed by atoms with Crippen LogP contribution in [0.3, 0.4) is 0 Å². The molecule has 4 heteroatoms. The molecule has 214 valence electrons. The Kier molecular flexibility index (Phi) is 9.17. The van der Waals surface area contributed by atoms with E-state index in [2.05, 4.69) is 39.9 Å². The highest BCUT2D eigenvalue weighted by Crippen LogP contribution is 2.68. The van der Waals surface area contributed by atoms with Crippen LogP contribution in [0.5, 0.6) is 0 Å². The second kappa shape index (κ2) is 11.7. The van der Waals surface area contributed by atoms with E-state index in [-0.39, 0.29) is 18.3 Å². The van der Waals surface area contributed by atoms with Gasteiger partial charge in [0.2, 0.25) is 0 Å². The fraction of sp³-hybridized carbons (Fsp3) is 0.794. The first-order valence-electron chi connectivity index (χ1n) is 15.8. The van der Waals surface area contributed by atoms with Gasteiger partial charge in [-0.1, -0.05) is 53.9 Å². The minimum atomic E-state index is 0. The number of benzene rings is 1. The zero-order valence-corrected chi connectivity index (χ0v) is 25.6. The highest BCUT2D eigenvalue weighted by molar-refractivity contribution is 5.94. The first-order valence-corrected chi connectivity index (χ1v) is 15.8. The average Bonchev–Trinajstić information content (AvgIpc) is 3.21. The highest BCUT2D eigenvalue weighted by Gasteiger charge is 2.60. The SMILES string of the molecule is CC(C)CCC[C@@H](C)[C@H]1CC[C@H]2[C@@H]3CCC4C[C@H](NC(=O)c5ccc(N)cc5)CC[C@]4(C)[C@H]3CC[C@]12C.Cl. The quantitative estimate of drug-likeness (QED) is 0.338. The summed E-state index contributed by atoms with van der Waals surface area (Å²) in [6, 6.07) is 7.66. The van der Waals surface area contributed by atoms with E-state index >= 15 is 0 Å². The number of hydrogen-bond donors (Lipinski definition) is 2.